The van der Waals surface area contributed by atoms with Crippen molar-refractivity contribution < 1.29 is 9.84 Å². The minimum atomic E-state index is -0.472. The highest BCUT2D eigenvalue weighted by molar-refractivity contribution is 5.42. The Balaban J connectivity index is 2.29. The van der Waals surface area contributed by atoms with Gasteiger partial charge in [-0.25, -0.2) is 0 Å². The normalized spacial score (nSPS) is 22.9. The second kappa shape index (κ2) is 6.77. The van der Waals surface area contributed by atoms with Crippen molar-refractivity contribution in [3.05, 3.63) is 28.8 Å². The summed E-state index contributed by atoms with van der Waals surface area (Å²) >= 11 is 0. The first-order valence-corrected chi connectivity index (χ1v) is 7.66. The number of aryl methyl sites for hydroxylation is 2. The summed E-state index contributed by atoms with van der Waals surface area (Å²) in [6, 6.07) is 4.22. The summed E-state index contributed by atoms with van der Waals surface area (Å²) in [5.74, 6) is 0.884. The lowest BCUT2D eigenvalue weighted by Crippen LogP contribution is -2.42. The van der Waals surface area contributed by atoms with Crippen molar-refractivity contribution in [3.63, 3.8) is 0 Å². The number of nitrogens with zero attached hydrogens (tertiary/aromatic N) is 2. The largest absolute Gasteiger partial charge is 0.496 e. The van der Waals surface area contributed by atoms with Gasteiger partial charge in [-0.05, 0) is 76.3 Å². The molecule has 1 heterocycles. The molecule has 1 aliphatic rings. The summed E-state index contributed by atoms with van der Waals surface area (Å²) in [7, 11) is 5.93. The number of aliphatic hydroxyl groups is 1. The van der Waals surface area contributed by atoms with Crippen LogP contribution in [0.2, 0.25) is 0 Å². The molecule has 21 heavy (non-hydrogen) atoms. The maximum Gasteiger partial charge on any atom is 0.122 e. The van der Waals surface area contributed by atoms with E-state index in [2.05, 4.69) is 30.0 Å². The lowest BCUT2D eigenvalue weighted by atomic mass is 9.94. The first kappa shape index (κ1) is 16.3. The number of rotatable bonds is 3. The van der Waals surface area contributed by atoms with Crippen molar-refractivity contribution in [2.24, 2.45) is 0 Å². The van der Waals surface area contributed by atoms with Crippen LogP contribution < -0.4 is 4.74 Å². The second-order valence-corrected chi connectivity index (χ2v) is 6.29. The van der Waals surface area contributed by atoms with Crippen LogP contribution >= 0.6 is 0 Å². The van der Waals surface area contributed by atoms with Crippen molar-refractivity contribution in [3.8, 4) is 5.75 Å². The van der Waals surface area contributed by atoms with E-state index < -0.39 is 6.10 Å². The molecular formula is C17H28N2O2. The van der Waals surface area contributed by atoms with Gasteiger partial charge in [0.2, 0.25) is 0 Å². The zero-order valence-electron chi connectivity index (χ0n) is 13.9. The van der Waals surface area contributed by atoms with Crippen molar-refractivity contribution in [1.82, 2.24) is 9.80 Å². The van der Waals surface area contributed by atoms with E-state index in [0.29, 0.717) is 0 Å². The van der Waals surface area contributed by atoms with Gasteiger partial charge >= 0.3 is 0 Å². The van der Waals surface area contributed by atoms with Gasteiger partial charge in [0, 0.05) is 6.54 Å². The van der Waals surface area contributed by atoms with E-state index in [4.69, 9.17) is 4.74 Å². The first-order chi connectivity index (χ1) is 9.93. The number of aliphatic hydroxyl groups excluding tert-OH is 1. The topological polar surface area (TPSA) is 35.9 Å². The Labute approximate surface area is 128 Å². The van der Waals surface area contributed by atoms with Gasteiger partial charge in [0.05, 0.1) is 19.3 Å². The number of hydrogen-bond donors (Lipinski definition) is 1. The average molecular weight is 292 g/mol. The Morgan fingerprint density at radius 1 is 1.19 bits per heavy atom. The molecule has 0 bridgehead atoms. The van der Waals surface area contributed by atoms with Crippen LogP contribution in [-0.4, -0.2) is 61.8 Å². The molecule has 2 rings (SSSR count). The number of likely N-dealkylation sites (N-methyl/N-ethyl adjacent to an activating group) is 2. The molecule has 2 atom stereocenters. The molecule has 1 aliphatic heterocycles. The molecule has 1 N–H and O–H groups in total. The standard InChI is InChI=1S/C17H28N2O2/c1-12-10-16(21-5)13(2)9-14(12)17(20)15-11-18(3)7-6-8-19(15)4/h9-10,15,17,20H,6-8,11H2,1-5H3. The quantitative estimate of drug-likeness (QED) is 0.924. The molecule has 4 nitrogen and oxygen atoms in total. The minimum absolute atomic E-state index is 0.129. The highest BCUT2D eigenvalue weighted by Crippen LogP contribution is 2.30. The molecular weight excluding hydrogens is 264 g/mol. The fraction of sp³-hybridized carbons (Fsp3) is 0.647. The van der Waals surface area contributed by atoms with E-state index in [-0.39, 0.29) is 6.04 Å². The lowest BCUT2D eigenvalue weighted by Gasteiger charge is -2.32. The predicted molar refractivity (Wildman–Crippen MR) is 86.0 cm³/mol. The van der Waals surface area contributed by atoms with Gasteiger partial charge in [0.1, 0.15) is 5.75 Å². The van der Waals surface area contributed by atoms with Crippen molar-refractivity contribution in [2.45, 2.75) is 32.4 Å². The van der Waals surface area contributed by atoms with E-state index in [1.807, 2.05) is 19.9 Å². The van der Waals surface area contributed by atoms with Crippen molar-refractivity contribution in [2.75, 3.05) is 40.8 Å². The Hall–Kier alpha value is -1.10. The highest BCUT2D eigenvalue weighted by atomic mass is 16.5. The van der Waals surface area contributed by atoms with Crippen LogP contribution in [-0.2, 0) is 0 Å². The zero-order chi connectivity index (χ0) is 15.6. The summed E-state index contributed by atoms with van der Waals surface area (Å²) in [5.41, 5.74) is 3.17. The fourth-order valence-electron chi connectivity index (χ4n) is 3.20. The Morgan fingerprint density at radius 3 is 2.57 bits per heavy atom. The fourth-order valence-corrected chi connectivity index (χ4v) is 3.20. The van der Waals surface area contributed by atoms with Crippen LogP contribution in [0.15, 0.2) is 12.1 Å². The molecule has 118 valence electrons. The summed E-state index contributed by atoms with van der Waals surface area (Å²) in [6.07, 6.45) is 0.678. The highest BCUT2D eigenvalue weighted by Gasteiger charge is 2.29. The Bertz CT molecular complexity index is 490. The Morgan fingerprint density at radius 2 is 1.90 bits per heavy atom. The number of ether oxygens (including phenoxy) is 1. The molecule has 0 aromatic heterocycles. The van der Waals surface area contributed by atoms with Gasteiger partial charge in [0.15, 0.2) is 0 Å². The van der Waals surface area contributed by atoms with Crippen LogP contribution in [0.4, 0.5) is 0 Å². The summed E-state index contributed by atoms with van der Waals surface area (Å²) in [6.45, 7) is 7.08. The molecule has 0 saturated carbocycles. The second-order valence-electron chi connectivity index (χ2n) is 6.29. The van der Waals surface area contributed by atoms with E-state index >= 15 is 0 Å². The molecule has 2 unspecified atom stereocenters. The van der Waals surface area contributed by atoms with Gasteiger partial charge in [-0.15, -0.1) is 0 Å². The van der Waals surface area contributed by atoms with Crippen LogP contribution in [0.25, 0.3) is 0 Å². The average Bonchev–Trinajstić information content (AvgIpc) is 2.61. The van der Waals surface area contributed by atoms with Crippen LogP contribution in [0, 0.1) is 13.8 Å². The molecule has 0 radical (unpaired) electrons. The number of hydrogen-bond acceptors (Lipinski definition) is 4. The number of benzene rings is 1. The van der Waals surface area contributed by atoms with Crippen LogP contribution in [0.3, 0.4) is 0 Å². The van der Waals surface area contributed by atoms with Crippen molar-refractivity contribution >= 4 is 0 Å². The predicted octanol–water partition coefficient (Wildman–Crippen LogP) is 1.98. The van der Waals surface area contributed by atoms with E-state index in [0.717, 1.165) is 48.5 Å². The van der Waals surface area contributed by atoms with Crippen LogP contribution in [0.1, 0.15) is 29.2 Å². The molecule has 1 fully saturated rings. The van der Waals surface area contributed by atoms with Gasteiger partial charge in [0.25, 0.3) is 0 Å². The molecule has 0 amide bonds. The molecule has 1 aromatic rings. The van der Waals surface area contributed by atoms with Crippen LogP contribution in [0.5, 0.6) is 5.75 Å². The monoisotopic (exact) mass is 292 g/mol. The zero-order valence-corrected chi connectivity index (χ0v) is 13.9. The minimum Gasteiger partial charge on any atom is -0.496 e. The smallest absolute Gasteiger partial charge is 0.122 e. The third-order valence-corrected chi connectivity index (χ3v) is 4.58. The van der Waals surface area contributed by atoms with Gasteiger partial charge in [-0.2, -0.15) is 0 Å². The maximum atomic E-state index is 10.9. The van der Waals surface area contributed by atoms with Gasteiger partial charge in [-0.1, -0.05) is 0 Å². The lowest BCUT2D eigenvalue weighted by molar-refractivity contribution is 0.0567. The van der Waals surface area contributed by atoms with Gasteiger partial charge < -0.3 is 14.7 Å². The summed E-state index contributed by atoms with van der Waals surface area (Å²) < 4.78 is 5.36. The third-order valence-electron chi connectivity index (χ3n) is 4.58. The van der Waals surface area contributed by atoms with E-state index in [1.54, 1.807) is 7.11 Å². The first-order valence-electron chi connectivity index (χ1n) is 7.66. The molecule has 4 heteroatoms. The SMILES string of the molecule is COc1cc(C)c(C(O)C2CN(C)CCCN2C)cc1C. The van der Waals surface area contributed by atoms with E-state index in [9.17, 15) is 5.11 Å². The maximum absolute atomic E-state index is 10.9. The molecule has 1 saturated heterocycles. The van der Waals surface area contributed by atoms with Gasteiger partial charge in [-0.3, -0.25) is 4.90 Å². The Kier molecular flexibility index (Phi) is 5.25. The van der Waals surface area contributed by atoms with E-state index in [1.165, 1.54) is 0 Å². The van der Waals surface area contributed by atoms with Crippen molar-refractivity contribution in [1.29, 1.82) is 0 Å². The third kappa shape index (κ3) is 3.57. The molecule has 1 aromatic carbocycles. The molecule has 0 aliphatic carbocycles. The number of methoxy groups -OCH3 is 1. The molecule has 0 spiro atoms. The summed E-state index contributed by atoms with van der Waals surface area (Å²) in [4.78, 5) is 4.59. The summed E-state index contributed by atoms with van der Waals surface area (Å²) in [5, 5.41) is 10.9.